The number of hydrogen-bond donors (Lipinski definition) is 1. The van der Waals surface area contributed by atoms with Gasteiger partial charge < -0.3 is 9.42 Å². The summed E-state index contributed by atoms with van der Waals surface area (Å²) in [6.45, 7) is 4.15. The van der Waals surface area contributed by atoms with E-state index in [2.05, 4.69) is 6.92 Å². The molecule has 0 aliphatic heterocycles. The zero-order valence-corrected chi connectivity index (χ0v) is 16.7. The molecule has 2 unspecified atom stereocenters. The first kappa shape index (κ1) is 23.1. The quantitative estimate of drug-likeness (QED) is 0.213. The van der Waals surface area contributed by atoms with Crippen molar-refractivity contribution in [1.82, 2.24) is 0 Å². The van der Waals surface area contributed by atoms with Crippen LogP contribution in [-0.4, -0.2) is 11.0 Å². The summed E-state index contributed by atoms with van der Waals surface area (Å²) in [4.78, 5) is 8.67. The minimum atomic E-state index is -2.75. The summed E-state index contributed by atoms with van der Waals surface area (Å²) in [5.41, 5.74) is 0. The lowest BCUT2D eigenvalue weighted by Gasteiger charge is -2.09. The third kappa shape index (κ3) is 20.1. The Morgan fingerprint density at radius 2 is 1.09 bits per heavy atom. The van der Waals surface area contributed by atoms with Crippen molar-refractivity contribution >= 4 is 8.25 Å². The molecule has 0 aromatic rings. The molecular weight excluding hydrogens is 307 g/mol. The monoisotopic (exact) mass is 348 g/mol. The van der Waals surface area contributed by atoms with Crippen molar-refractivity contribution < 1.29 is 14.0 Å². The highest BCUT2D eigenvalue weighted by Crippen LogP contribution is 2.21. The largest absolute Gasteiger partial charge is 0.326 e. The molecule has 0 saturated heterocycles. The zero-order chi connectivity index (χ0) is 17.2. The first-order valence-electron chi connectivity index (χ1n) is 10.1. The fourth-order valence-electron chi connectivity index (χ4n) is 3.03. The lowest BCUT2D eigenvalue weighted by atomic mass is 10.0. The number of hydrogen-bond acceptors (Lipinski definition) is 2. The van der Waals surface area contributed by atoms with E-state index in [0.717, 1.165) is 12.8 Å². The molecule has 23 heavy (non-hydrogen) atoms. The summed E-state index contributed by atoms with van der Waals surface area (Å²) in [7, 11) is -2.75. The van der Waals surface area contributed by atoms with Gasteiger partial charge in [-0.2, -0.15) is 0 Å². The van der Waals surface area contributed by atoms with Gasteiger partial charge in [0.15, 0.2) is 0 Å². The molecule has 0 rings (SSSR count). The molecule has 4 heteroatoms. The van der Waals surface area contributed by atoms with Gasteiger partial charge in [-0.05, 0) is 13.3 Å². The topological polar surface area (TPSA) is 46.5 Å². The Hall–Kier alpha value is 0.150. The van der Waals surface area contributed by atoms with Crippen molar-refractivity contribution in [3.05, 3.63) is 0 Å². The molecule has 0 fully saturated rings. The fourth-order valence-corrected chi connectivity index (χ4v) is 3.50. The summed E-state index contributed by atoms with van der Waals surface area (Å²) in [6.07, 6.45) is 21.3. The maximum Gasteiger partial charge on any atom is 0.316 e. The van der Waals surface area contributed by atoms with Crippen molar-refractivity contribution in [1.29, 1.82) is 0 Å². The molecule has 0 heterocycles. The number of unbranched alkanes of at least 4 members (excludes halogenated alkanes) is 14. The average Bonchev–Trinajstić information content (AvgIpc) is 2.50. The molecule has 0 spiro atoms. The molecule has 0 aliphatic carbocycles. The molecule has 2 atom stereocenters. The van der Waals surface area contributed by atoms with E-state index in [1.807, 2.05) is 6.92 Å². The molecule has 0 saturated carbocycles. The Bertz CT molecular complexity index is 259. The predicted octanol–water partition coefficient (Wildman–Crippen LogP) is 7.04. The van der Waals surface area contributed by atoms with Crippen LogP contribution in [-0.2, 0) is 9.09 Å². The highest BCUT2D eigenvalue weighted by molar-refractivity contribution is 7.32. The second-order valence-electron chi connectivity index (χ2n) is 6.93. The van der Waals surface area contributed by atoms with Crippen LogP contribution in [0.15, 0.2) is 0 Å². The van der Waals surface area contributed by atoms with Gasteiger partial charge in [0.1, 0.15) is 0 Å². The van der Waals surface area contributed by atoms with Crippen LogP contribution < -0.4 is 0 Å². The van der Waals surface area contributed by atoms with Crippen LogP contribution in [0, 0.1) is 0 Å². The molecular formula is C19H41O3P. The summed E-state index contributed by atoms with van der Waals surface area (Å²) < 4.78 is 15.4. The van der Waals surface area contributed by atoms with Crippen LogP contribution in [0.1, 0.15) is 117 Å². The second kappa shape index (κ2) is 18.5. The maximum absolute atomic E-state index is 10.5. The molecule has 0 amide bonds. The lowest BCUT2D eigenvalue weighted by molar-refractivity contribution is 0.192. The van der Waals surface area contributed by atoms with Crippen LogP contribution in [0.25, 0.3) is 0 Å². The summed E-state index contributed by atoms with van der Waals surface area (Å²) >= 11 is 0. The van der Waals surface area contributed by atoms with E-state index in [0.29, 0.717) is 0 Å². The van der Waals surface area contributed by atoms with Crippen molar-refractivity contribution in [3.63, 3.8) is 0 Å². The van der Waals surface area contributed by atoms with Gasteiger partial charge >= 0.3 is 8.25 Å². The first-order chi connectivity index (χ1) is 11.2. The summed E-state index contributed by atoms with van der Waals surface area (Å²) in [5, 5.41) is 0. The average molecular weight is 349 g/mol. The molecule has 0 aromatic carbocycles. The Kier molecular flexibility index (Phi) is 18.6. The van der Waals surface area contributed by atoms with Crippen molar-refractivity contribution in [2.45, 2.75) is 123 Å². The van der Waals surface area contributed by atoms with Crippen LogP contribution in [0.3, 0.4) is 0 Å². The van der Waals surface area contributed by atoms with Gasteiger partial charge in [0, 0.05) is 0 Å². The minimum Gasteiger partial charge on any atom is -0.326 e. The van der Waals surface area contributed by atoms with Crippen molar-refractivity contribution in [2.75, 3.05) is 0 Å². The standard InChI is InChI=1S/C19H41O3P/c1-3-4-5-6-7-8-9-10-11-12-13-14-15-16-17-18-19(2)22-23(20)21/h19,23H,3-18H2,1-2H3,(H,20,21). The fraction of sp³-hybridized carbons (Fsp3) is 1.00. The lowest BCUT2D eigenvalue weighted by Crippen LogP contribution is -2.02. The normalized spacial score (nSPS) is 14.0. The SMILES string of the molecule is CCCCCCCCCCCCCCCCCC(C)O[PH](=O)O. The Morgan fingerprint density at radius 3 is 1.43 bits per heavy atom. The van der Waals surface area contributed by atoms with Gasteiger partial charge in [-0.3, -0.25) is 4.57 Å². The molecule has 3 nitrogen and oxygen atoms in total. The van der Waals surface area contributed by atoms with E-state index in [1.54, 1.807) is 0 Å². The summed E-state index contributed by atoms with van der Waals surface area (Å²) in [5.74, 6) is 0. The maximum atomic E-state index is 10.5. The van der Waals surface area contributed by atoms with E-state index in [-0.39, 0.29) is 6.10 Å². The van der Waals surface area contributed by atoms with Gasteiger partial charge in [-0.1, -0.05) is 103 Å². The van der Waals surface area contributed by atoms with E-state index in [9.17, 15) is 4.57 Å². The van der Waals surface area contributed by atoms with Gasteiger partial charge in [0.2, 0.25) is 0 Å². The van der Waals surface area contributed by atoms with Gasteiger partial charge in [-0.15, -0.1) is 0 Å². The first-order valence-corrected chi connectivity index (χ1v) is 11.3. The van der Waals surface area contributed by atoms with E-state index in [1.165, 1.54) is 89.9 Å². The molecule has 1 N–H and O–H groups in total. The van der Waals surface area contributed by atoms with Gasteiger partial charge in [-0.25, -0.2) is 0 Å². The highest BCUT2D eigenvalue weighted by atomic mass is 31.1. The van der Waals surface area contributed by atoms with E-state index in [4.69, 9.17) is 9.42 Å². The van der Waals surface area contributed by atoms with Crippen LogP contribution >= 0.6 is 8.25 Å². The van der Waals surface area contributed by atoms with Gasteiger partial charge in [0.05, 0.1) is 6.10 Å². The smallest absolute Gasteiger partial charge is 0.316 e. The highest BCUT2D eigenvalue weighted by Gasteiger charge is 2.04. The second-order valence-corrected chi connectivity index (χ2v) is 7.70. The third-order valence-electron chi connectivity index (χ3n) is 4.52. The Morgan fingerprint density at radius 1 is 0.739 bits per heavy atom. The Labute approximate surface area is 145 Å². The van der Waals surface area contributed by atoms with Crippen LogP contribution in [0.5, 0.6) is 0 Å². The minimum absolute atomic E-state index is 0.0756. The van der Waals surface area contributed by atoms with E-state index < -0.39 is 8.25 Å². The van der Waals surface area contributed by atoms with Gasteiger partial charge in [0.25, 0.3) is 0 Å². The molecule has 0 bridgehead atoms. The third-order valence-corrected chi connectivity index (χ3v) is 5.12. The zero-order valence-electron chi connectivity index (χ0n) is 15.7. The Balaban J connectivity index is 3.06. The predicted molar refractivity (Wildman–Crippen MR) is 101 cm³/mol. The molecule has 0 aliphatic rings. The molecule has 0 radical (unpaired) electrons. The van der Waals surface area contributed by atoms with Crippen molar-refractivity contribution in [3.8, 4) is 0 Å². The van der Waals surface area contributed by atoms with Crippen molar-refractivity contribution in [2.24, 2.45) is 0 Å². The summed E-state index contributed by atoms with van der Waals surface area (Å²) in [6, 6.07) is 0. The van der Waals surface area contributed by atoms with Crippen LogP contribution in [0.4, 0.5) is 0 Å². The van der Waals surface area contributed by atoms with E-state index >= 15 is 0 Å². The molecule has 140 valence electrons. The van der Waals surface area contributed by atoms with Crippen LogP contribution in [0.2, 0.25) is 0 Å². The number of rotatable bonds is 18. The molecule has 0 aromatic heterocycles.